The van der Waals surface area contributed by atoms with Crippen LogP contribution in [0.5, 0.6) is 11.5 Å². The molecule has 2 aromatic carbocycles. The van der Waals surface area contributed by atoms with Crippen molar-refractivity contribution in [3.8, 4) is 11.5 Å². The predicted molar refractivity (Wildman–Crippen MR) is 103 cm³/mol. The summed E-state index contributed by atoms with van der Waals surface area (Å²) < 4.78 is 11.2. The molecule has 0 unspecified atom stereocenters. The number of nitrogens with one attached hydrogen (secondary N) is 2. The van der Waals surface area contributed by atoms with Crippen molar-refractivity contribution < 1.29 is 19.1 Å². The average molecular weight is 368 g/mol. The third-order valence-electron chi connectivity index (χ3n) is 4.32. The standard InChI is InChI=1S/C21H24N2O4/c1-13(2)20(15-7-8-18-19(12-15)27-10-9-26-18)23-21(25)16-5-4-6-17(11-16)22-14(3)24/h4-8,11-13,20H,9-10H2,1-3H3,(H,22,24)(H,23,25)/t20-/m1/s1. The van der Waals surface area contributed by atoms with Crippen LogP contribution in [0.15, 0.2) is 42.5 Å². The van der Waals surface area contributed by atoms with Crippen molar-refractivity contribution in [2.24, 2.45) is 5.92 Å². The van der Waals surface area contributed by atoms with E-state index in [1.54, 1.807) is 24.3 Å². The molecular formula is C21H24N2O4. The molecule has 0 radical (unpaired) electrons. The van der Waals surface area contributed by atoms with Crippen LogP contribution in [0.1, 0.15) is 42.7 Å². The van der Waals surface area contributed by atoms with Gasteiger partial charge in [0.1, 0.15) is 13.2 Å². The number of hydrogen-bond acceptors (Lipinski definition) is 4. The van der Waals surface area contributed by atoms with Crippen LogP contribution < -0.4 is 20.1 Å². The lowest BCUT2D eigenvalue weighted by Gasteiger charge is -2.25. The Kier molecular flexibility index (Phi) is 5.64. The van der Waals surface area contributed by atoms with E-state index >= 15 is 0 Å². The van der Waals surface area contributed by atoms with Crippen molar-refractivity contribution in [1.29, 1.82) is 0 Å². The number of rotatable bonds is 5. The van der Waals surface area contributed by atoms with E-state index in [0.717, 1.165) is 11.3 Å². The molecule has 0 saturated heterocycles. The van der Waals surface area contributed by atoms with Crippen LogP contribution in [-0.2, 0) is 4.79 Å². The Hall–Kier alpha value is -3.02. The molecule has 27 heavy (non-hydrogen) atoms. The van der Waals surface area contributed by atoms with Crippen LogP contribution in [0.4, 0.5) is 5.69 Å². The molecule has 142 valence electrons. The van der Waals surface area contributed by atoms with E-state index < -0.39 is 0 Å². The molecule has 0 aromatic heterocycles. The maximum absolute atomic E-state index is 12.8. The van der Waals surface area contributed by atoms with E-state index in [4.69, 9.17) is 9.47 Å². The van der Waals surface area contributed by atoms with Crippen molar-refractivity contribution in [3.63, 3.8) is 0 Å². The highest BCUT2D eigenvalue weighted by atomic mass is 16.6. The zero-order valence-corrected chi connectivity index (χ0v) is 15.7. The lowest BCUT2D eigenvalue weighted by Crippen LogP contribution is -2.32. The first kappa shape index (κ1) is 18.8. The third kappa shape index (κ3) is 4.58. The number of hydrogen-bond donors (Lipinski definition) is 2. The van der Waals surface area contributed by atoms with Gasteiger partial charge in [-0.15, -0.1) is 0 Å². The second-order valence-corrected chi connectivity index (χ2v) is 6.86. The van der Waals surface area contributed by atoms with Crippen molar-refractivity contribution in [2.45, 2.75) is 26.8 Å². The van der Waals surface area contributed by atoms with Crippen molar-refractivity contribution in [2.75, 3.05) is 18.5 Å². The number of carbonyl (C=O) groups is 2. The molecule has 2 aromatic rings. The van der Waals surface area contributed by atoms with Crippen LogP contribution in [-0.4, -0.2) is 25.0 Å². The number of carbonyl (C=O) groups excluding carboxylic acids is 2. The first-order valence-electron chi connectivity index (χ1n) is 9.02. The first-order chi connectivity index (χ1) is 12.9. The highest BCUT2D eigenvalue weighted by Crippen LogP contribution is 2.34. The quantitative estimate of drug-likeness (QED) is 0.846. The Balaban J connectivity index is 1.80. The van der Waals surface area contributed by atoms with E-state index in [9.17, 15) is 9.59 Å². The van der Waals surface area contributed by atoms with Gasteiger partial charge in [0.05, 0.1) is 6.04 Å². The first-order valence-corrected chi connectivity index (χ1v) is 9.02. The summed E-state index contributed by atoms with van der Waals surface area (Å²) in [6.45, 7) is 6.60. The summed E-state index contributed by atoms with van der Waals surface area (Å²) in [6.07, 6.45) is 0. The molecule has 2 N–H and O–H groups in total. The summed E-state index contributed by atoms with van der Waals surface area (Å²) in [5.74, 6) is 1.22. The second-order valence-electron chi connectivity index (χ2n) is 6.86. The average Bonchev–Trinajstić information content (AvgIpc) is 2.65. The van der Waals surface area contributed by atoms with Gasteiger partial charge in [0.15, 0.2) is 11.5 Å². The summed E-state index contributed by atoms with van der Waals surface area (Å²) in [7, 11) is 0. The number of ether oxygens (including phenoxy) is 2. The summed E-state index contributed by atoms with van der Waals surface area (Å²) >= 11 is 0. The molecule has 0 aliphatic carbocycles. The minimum Gasteiger partial charge on any atom is -0.486 e. The lowest BCUT2D eigenvalue weighted by molar-refractivity contribution is -0.114. The molecule has 1 atom stereocenters. The van der Waals surface area contributed by atoms with Gasteiger partial charge in [0.2, 0.25) is 5.91 Å². The largest absolute Gasteiger partial charge is 0.486 e. The van der Waals surface area contributed by atoms with E-state index in [1.165, 1.54) is 6.92 Å². The summed E-state index contributed by atoms with van der Waals surface area (Å²) in [4.78, 5) is 24.0. The molecule has 0 bridgehead atoms. The lowest BCUT2D eigenvalue weighted by atomic mass is 9.95. The van der Waals surface area contributed by atoms with Crippen molar-refractivity contribution in [3.05, 3.63) is 53.6 Å². The van der Waals surface area contributed by atoms with Gasteiger partial charge in [-0.25, -0.2) is 0 Å². The Morgan fingerprint density at radius 1 is 1.00 bits per heavy atom. The summed E-state index contributed by atoms with van der Waals surface area (Å²) in [6, 6.07) is 12.5. The second kappa shape index (κ2) is 8.12. The van der Waals surface area contributed by atoms with Gasteiger partial charge in [0, 0.05) is 18.2 Å². The molecular weight excluding hydrogens is 344 g/mol. The van der Waals surface area contributed by atoms with Gasteiger partial charge in [-0.2, -0.15) is 0 Å². The topological polar surface area (TPSA) is 76.7 Å². The normalized spacial score (nSPS) is 13.8. The van der Waals surface area contributed by atoms with Crippen LogP contribution in [0.3, 0.4) is 0 Å². The predicted octanol–water partition coefficient (Wildman–Crippen LogP) is 3.54. The smallest absolute Gasteiger partial charge is 0.251 e. The maximum Gasteiger partial charge on any atom is 0.251 e. The van der Waals surface area contributed by atoms with E-state index in [-0.39, 0.29) is 23.8 Å². The summed E-state index contributed by atoms with van der Waals surface area (Å²) in [5.41, 5.74) is 2.04. The van der Waals surface area contributed by atoms with Crippen LogP contribution in [0.25, 0.3) is 0 Å². The molecule has 1 heterocycles. The SMILES string of the molecule is CC(=O)Nc1cccc(C(=O)N[C@@H](c2ccc3c(c2)OCCO3)C(C)C)c1. The Bertz CT molecular complexity index is 848. The van der Waals surface area contributed by atoms with Crippen molar-refractivity contribution in [1.82, 2.24) is 5.32 Å². The number of amides is 2. The maximum atomic E-state index is 12.8. The number of fused-ring (bicyclic) bond motifs is 1. The zero-order valence-electron chi connectivity index (χ0n) is 15.7. The Labute approximate surface area is 158 Å². The van der Waals surface area contributed by atoms with Crippen LogP contribution >= 0.6 is 0 Å². The molecule has 0 spiro atoms. The third-order valence-corrected chi connectivity index (χ3v) is 4.32. The molecule has 1 aliphatic heterocycles. The number of benzene rings is 2. The molecule has 3 rings (SSSR count). The van der Waals surface area contributed by atoms with Crippen LogP contribution in [0, 0.1) is 5.92 Å². The van der Waals surface area contributed by atoms with Gasteiger partial charge >= 0.3 is 0 Å². The van der Waals surface area contributed by atoms with Gasteiger partial charge in [0.25, 0.3) is 5.91 Å². The van der Waals surface area contributed by atoms with Gasteiger partial charge in [-0.1, -0.05) is 26.0 Å². The fourth-order valence-corrected chi connectivity index (χ4v) is 3.05. The van der Waals surface area contributed by atoms with Crippen molar-refractivity contribution >= 4 is 17.5 Å². The minimum absolute atomic E-state index is 0.176. The van der Waals surface area contributed by atoms with E-state index in [2.05, 4.69) is 24.5 Å². The fraction of sp³-hybridized carbons (Fsp3) is 0.333. The molecule has 6 nitrogen and oxygen atoms in total. The molecule has 0 fully saturated rings. The molecule has 0 saturated carbocycles. The van der Waals surface area contributed by atoms with E-state index in [0.29, 0.717) is 30.2 Å². The zero-order chi connectivity index (χ0) is 19.4. The van der Waals surface area contributed by atoms with Gasteiger partial charge in [-0.3, -0.25) is 9.59 Å². The molecule has 2 amide bonds. The Morgan fingerprint density at radius 3 is 2.44 bits per heavy atom. The fourth-order valence-electron chi connectivity index (χ4n) is 3.05. The Morgan fingerprint density at radius 2 is 1.74 bits per heavy atom. The number of anilines is 1. The summed E-state index contributed by atoms with van der Waals surface area (Å²) in [5, 5.41) is 5.78. The highest BCUT2D eigenvalue weighted by Gasteiger charge is 2.22. The highest BCUT2D eigenvalue weighted by molar-refractivity contribution is 5.97. The van der Waals surface area contributed by atoms with Gasteiger partial charge < -0.3 is 20.1 Å². The monoisotopic (exact) mass is 368 g/mol. The van der Waals surface area contributed by atoms with Gasteiger partial charge in [-0.05, 0) is 41.8 Å². The molecule has 6 heteroatoms. The van der Waals surface area contributed by atoms with E-state index in [1.807, 2.05) is 18.2 Å². The minimum atomic E-state index is -0.198. The van der Waals surface area contributed by atoms with Crippen LogP contribution in [0.2, 0.25) is 0 Å². The molecule has 1 aliphatic rings.